The van der Waals surface area contributed by atoms with Crippen LogP contribution in [0.1, 0.15) is 25.0 Å². The molecule has 1 N–H and O–H groups in total. The van der Waals surface area contributed by atoms with Crippen molar-refractivity contribution < 1.29 is 4.74 Å². The van der Waals surface area contributed by atoms with Crippen molar-refractivity contribution >= 4 is 17.3 Å². The van der Waals surface area contributed by atoms with Crippen molar-refractivity contribution in [1.82, 2.24) is 0 Å². The van der Waals surface area contributed by atoms with Gasteiger partial charge in [0.25, 0.3) is 0 Å². The fourth-order valence-corrected chi connectivity index (χ4v) is 2.10. The third kappa shape index (κ3) is 1.72. The minimum Gasteiger partial charge on any atom is -0.382 e. The second-order valence-corrected chi connectivity index (χ2v) is 4.17. The Balaban J connectivity index is 2.40. The number of ether oxygens (including phenoxy) is 1. The molecular formula is C11H14ClNO. The summed E-state index contributed by atoms with van der Waals surface area (Å²) in [4.78, 5) is 0. The number of nitrogens with one attached hydrogen (secondary N) is 1. The van der Waals surface area contributed by atoms with Gasteiger partial charge in [-0.2, -0.15) is 0 Å². The number of methoxy groups -OCH3 is 1. The Bertz CT molecular complexity index is 340. The van der Waals surface area contributed by atoms with Crippen LogP contribution >= 0.6 is 11.6 Å². The number of benzene rings is 1. The van der Waals surface area contributed by atoms with E-state index in [4.69, 9.17) is 16.3 Å². The zero-order chi connectivity index (χ0) is 10.1. The van der Waals surface area contributed by atoms with Gasteiger partial charge in [0.1, 0.15) is 0 Å². The average molecular weight is 212 g/mol. The predicted molar refractivity (Wildman–Crippen MR) is 58.9 cm³/mol. The molecule has 2 atom stereocenters. The van der Waals surface area contributed by atoms with Gasteiger partial charge in [0, 0.05) is 29.4 Å². The van der Waals surface area contributed by atoms with Gasteiger partial charge in [-0.25, -0.2) is 0 Å². The van der Waals surface area contributed by atoms with Crippen LogP contribution in [0.5, 0.6) is 0 Å². The summed E-state index contributed by atoms with van der Waals surface area (Å²) in [7, 11) is 1.75. The van der Waals surface area contributed by atoms with Gasteiger partial charge in [0.2, 0.25) is 0 Å². The van der Waals surface area contributed by atoms with E-state index < -0.39 is 0 Å². The van der Waals surface area contributed by atoms with E-state index >= 15 is 0 Å². The molecule has 0 radical (unpaired) electrons. The lowest BCUT2D eigenvalue weighted by atomic mass is 9.96. The van der Waals surface area contributed by atoms with Gasteiger partial charge in [-0.3, -0.25) is 0 Å². The Morgan fingerprint density at radius 3 is 3.00 bits per heavy atom. The van der Waals surface area contributed by atoms with Crippen molar-refractivity contribution in [3.8, 4) is 0 Å². The van der Waals surface area contributed by atoms with Gasteiger partial charge >= 0.3 is 0 Å². The van der Waals surface area contributed by atoms with Gasteiger partial charge in [-0.15, -0.1) is 0 Å². The fraction of sp³-hybridized carbons (Fsp3) is 0.455. The van der Waals surface area contributed by atoms with Crippen molar-refractivity contribution in [2.24, 2.45) is 0 Å². The lowest BCUT2D eigenvalue weighted by Crippen LogP contribution is -2.26. The molecule has 0 spiro atoms. The van der Waals surface area contributed by atoms with Crippen molar-refractivity contribution in [3.63, 3.8) is 0 Å². The summed E-state index contributed by atoms with van der Waals surface area (Å²) in [6, 6.07) is 6.33. The average Bonchev–Trinajstić information content (AvgIpc) is 2.15. The summed E-state index contributed by atoms with van der Waals surface area (Å²) < 4.78 is 5.44. The summed E-state index contributed by atoms with van der Waals surface area (Å²) in [5.41, 5.74) is 2.30. The molecule has 2 unspecified atom stereocenters. The Labute approximate surface area is 89.2 Å². The van der Waals surface area contributed by atoms with E-state index in [0.717, 1.165) is 17.1 Å². The first-order valence-corrected chi connectivity index (χ1v) is 5.17. The van der Waals surface area contributed by atoms with Gasteiger partial charge in [-0.05, 0) is 25.5 Å². The molecule has 1 aromatic rings. The van der Waals surface area contributed by atoms with Crippen LogP contribution in [0.4, 0.5) is 5.69 Å². The third-order valence-corrected chi connectivity index (χ3v) is 2.85. The summed E-state index contributed by atoms with van der Waals surface area (Å²) in [6.45, 7) is 2.15. The highest BCUT2D eigenvalue weighted by molar-refractivity contribution is 6.30. The molecule has 76 valence electrons. The first-order valence-electron chi connectivity index (χ1n) is 4.79. The Morgan fingerprint density at radius 2 is 2.29 bits per heavy atom. The van der Waals surface area contributed by atoms with E-state index in [9.17, 15) is 0 Å². The zero-order valence-electron chi connectivity index (χ0n) is 8.38. The molecule has 1 aliphatic rings. The second kappa shape index (κ2) is 3.79. The fourth-order valence-electron chi connectivity index (χ4n) is 1.93. The van der Waals surface area contributed by atoms with Crippen LogP contribution in [0.15, 0.2) is 18.2 Å². The zero-order valence-corrected chi connectivity index (χ0v) is 9.14. The normalized spacial score (nSPS) is 25.4. The SMILES string of the molecule is COC1CC(C)Nc2cc(Cl)ccc21. The highest BCUT2D eigenvalue weighted by atomic mass is 35.5. The van der Waals surface area contributed by atoms with Crippen LogP contribution < -0.4 is 5.32 Å². The molecule has 0 aromatic heterocycles. The number of rotatable bonds is 1. The van der Waals surface area contributed by atoms with Crippen LogP contribution in [0.2, 0.25) is 5.02 Å². The molecule has 0 saturated carbocycles. The van der Waals surface area contributed by atoms with E-state index in [1.54, 1.807) is 7.11 Å². The van der Waals surface area contributed by atoms with Gasteiger partial charge in [-0.1, -0.05) is 17.7 Å². The highest BCUT2D eigenvalue weighted by Crippen LogP contribution is 2.35. The monoisotopic (exact) mass is 211 g/mol. The maximum Gasteiger partial charge on any atom is 0.0860 e. The number of hydrogen-bond donors (Lipinski definition) is 1. The summed E-state index contributed by atoms with van der Waals surface area (Å²) in [5, 5.41) is 4.16. The largest absolute Gasteiger partial charge is 0.382 e. The Hall–Kier alpha value is -0.730. The van der Waals surface area contributed by atoms with E-state index in [1.807, 2.05) is 18.2 Å². The van der Waals surface area contributed by atoms with Crippen molar-refractivity contribution in [3.05, 3.63) is 28.8 Å². The molecule has 2 rings (SSSR count). The van der Waals surface area contributed by atoms with Crippen molar-refractivity contribution in [2.75, 3.05) is 12.4 Å². The molecule has 0 fully saturated rings. The summed E-state index contributed by atoms with van der Waals surface area (Å²) in [6.07, 6.45) is 1.20. The van der Waals surface area contributed by atoms with Crippen molar-refractivity contribution in [1.29, 1.82) is 0 Å². The molecule has 1 aromatic carbocycles. The maximum atomic E-state index is 5.93. The predicted octanol–water partition coefficient (Wildman–Crippen LogP) is 3.23. The molecule has 0 bridgehead atoms. The number of fused-ring (bicyclic) bond motifs is 1. The molecule has 1 aliphatic heterocycles. The van der Waals surface area contributed by atoms with Crippen LogP contribution in [0.25, 0.3) is 0 Å². The Morgan fingerprint density at radius 1 is 1.50 bits per heavy atom. The van der Waals surface area contributed by atoms with Crippen LogP contribution in [-0.2, 0) is 4.74 Å². The quantitative estimate of drug-likeness (QED) is 0.770. The summed E-state index contributed by atoms with van der Waals surface area (Å²) in [5.74, 6) is 0. The maximum absolute atomic E-state index is 5.93. The highest BCUT2D eigenvalue weighted by Gasteiger charge is 2.23. The first kappa shape index (κ1) is 9.81. The van der Waals surface area contributed by atoms with Gasteiger partial charge < -0.3 is 10.1 Å². The molecule has 14 heavy (non-hydrogen) atoms. The minimum absolute atomic E-state index is 0.193. The number of hydrogen-bond acceptors (Lipinski definition) is 2. The molecule has 2 nitrogen and oxygen atoms in total. The summed E-state index contributed by atoms with van der Waals surface area (Å²) >= 11 is 5.93. The first-order chi connectivity index (χ1) is 6.70. The lowest BCUT2D eigenvalue weighted by molar-refractivity contribution is 0.0894. The van der Waals surface area contributed by atoms with E-state index in [1.165, 1.54) is 5.56 Å². The smallest absolute Gasteiger partial charge is 0.0860 e. The number of anilines is 1. The molecule has 3 heteroatoms. The molecule has 1 heterocycles. The minimum atomic E-state index is 0.193. The van der Waals surface area contributed by atoms with Crippen molar-refractivity contribution in [2.45, 2.75) is 25.5 Å². The molecule has 0 aliphatic carbocycles. The molecule has 0 saturated heterocycles. The topological polar surface area (TPSA) is 21.3 Å². The van der Waals surface area contributed by atoms with E-state index in [0.29, 0.717) is 6.04 Å². The van der Waals surface area contributed by atoms with Gasteiger partial charge in [0.15, 0.2) is 0 Å². The molecular weight excluding hydrogens is 198 g/mol. The van der Waals surface area contributed by atoms with E-state index in [-0.39, 0.29) is 6.10 Å². The van der Waals surface area contributed by atoms with E-state index in [2.05, 4.69) is 12.2 Å². The third-order valence-electron chi connectivity index (χ3n) is 2.62. The Kier molecular flexibility index (Phi) is 2.66. The molecule has 0 amide bonds. The lowest BCUT2D eigenvalue weighted by Gasteiger charge is -2.30. The standard InChI is InChI=1S/C11H14ClNO/c1-7-5-11(14-2)9-4-3-8(12)6-10(9)13-7/h3-4,6-7,11,13H,5H2,1-2H3. The number of halogens is 1. The second-order valence-electron chi connectivity index (χ2n) is 3.74. The van der Waals surface area contributed by atoms with Gasteiger partial charge in [0.05, 0.1) is 6.10 Å². The van der Waals surface area contributed by atoms with Crippen LogP contribution in [0, 0.1) is 0 Å². The van der Waals surface area contributed by atoms with Crippen LogP contribution in [0.3, 0.4) is 0 Å². The van der Waals surface area contributed by atoms with Crippen LogP contribution in [-0.4, -0.2) is 13.2 Å².